The number of nitro benzene ring substituents is 1. The molecule has 34 heavy (non-hydrogen) atoms. The first-order valence-corrected chi connectivity index (χ1v) is 10.1. The maximum Gasteiger partial charge on any atom is 0.273 e. The normalized spacial score (nSPS) is 22.8. The van der Waals surface area contributed by atoms with Crippen molar-refractivity contribution in [3.8, 4) is 5.75 Å². The Balaban J connectivity index is 1.57. The molecule has 4 unspecified atom stereocenters. The van der Waals surface area contributed by atoms with Crippen molar-refractivity contribution in [2.24, 2.45) is 5.10 Å². The molecule has 1 saturated heterocycles. The smallest absolute Gasteiger partial charge is 0.273 e. The molecule has 3 heterocycles. The molecule has 0 bridgehead atoms. The van der Waals surface area contributed by atoms with Gasteiger partial charge in [-0.1, -0.05) is 6.07 Å². The fourth-order valence-electron chi connectivity index (χ4n) is 3.39. The number of hydrogen-bond donors (Lipinski definition) is 5. The van der Waals surface area contributed by atoms with Crippen LogP contribution in [0.15, 0.2) is 35.7 Å². The second-order valence-electron chi connectivity index (χ2n) is 7.47. The van der Waals surface area contributed by atoms with Crippen molar-refractivity contribution in [2.45, 2.75) is 31.5 Å². The predicted molar refractivity (Wildman–Crippen MR) is 118 cm³/mol. The number of hydrazone groups is 1. The Morgan fingerprint density at radius 1 is 1.38 bits per heavy atom. The Labute approximate surface area is 191 Å². The van der Waals surface area contributed by atoms with E-state index >= 15 is 0 Å². The van der Waals surface area contributed by atoms with Crippen LogP contribution in [0, 0.1) is 10.1 Å². The molecule has 15 nitrogen and oxygen atoms in total. The molecule has 0 spiro atoms. The zero-order valence-electron chi connectivity index (χ0n) is 17.8. The molecule has 1 aromatic carbocycles. The molecule has 1 aliphatic heterocycles. The lowest BCUT2D eigenvalue weighted by atomic mass is 10.1. The van der Waals surface area contributed by atoms with Crippen LogP contribution in [0.3, 0.4) is 0 Å². The van der Waals surface area contributed by atoms with Crippen LogP contribution in [-0.4, -0.2) is 77.0 Å². The predicted octanol–water partition coefficient (Wildman–Crippen LogP) is -0.205. The van der Waals surface area contributed by atoms with Gasteiger partial charge in [-0.2, -0.15) is 5.10 Å². The van der Waals surface area contributed by atoms with Crippen molar-refractivity contribution in [3.63, 3.8) is 0 Å². The maximum absolute atomic E-state index is 10.9. The van der Waals surface area contributed by atoms with Gasteiger partial charge >= 0.3 is 0 Å². The zero-order chi connectivity index (χ0) is 24.4. The minimum absolute atomic E-state index is 0.00416. The van der Waals surface area contributed by atoms with E-state index in [-0.39, 0.29) is 35.2 Å². The standard InChI is InChI=1S/C19H22N8O7/c1-9(7-33-11-4-2-3-10(5-11)27(31)32)24-25-19-23-13-16(20)21-8-22-17(13)26(19)18-15(30)14(29)12(6-28)34-18/h2-5,8,12,14-15,18,28-30H,6-7H2,1H3,(H,23,25)(H2,20,21,22)/b24-9-. The average molecular weight is 474 g/mol. The molecule has 180 valence electrons. The number of aliphatic hydroxyl groups excluding tert-OH is 3. The van der Waals surface area contributed by atoms with Gasteiger partial charge in [0.25, 0.3) is 5.69 Å². The van der Waals surface area contributed by atoms with Crippen molar-refractivity contribution < 1.29 is 29.7 Å². The van der Waals surface area contributed by atoms with Gasteiger partial charge in [0.05, 0.1) is 23.3 Å². The summed E-state index contributed by atoms with van der Waals surface area (Å²) in [7, 11) is 0. The van der Waals surface area contributed by atoms with E-state index < -0.39 is 36.1 Å². The Kier molecular flexibility index (Phi) is 6.51. The van der Waals surface area contributed by atoms with E-state index in [0.29, 0.717) is 11.5 Å². The fraction of sp³-hybridized carbons (Fsp3) is 0.368. The van der Waals surface area contributed by atoms with E-state index in [0.717, 1.165) is 0 Å². The minimum Gasteiger partial charge on any atom is -0.487 e. The quantitative estimate of drug-likeness (QED) is 0.163. The number of aliphatic hydroxyl groups is 3. The molecule has 3 aromatic rings. The van der Waals surface area contributed by atoms with E-state index in [1.165, 1.54) is 29.1 Å². The van der Waals surface area contributed by atoms with E-state index in [4.69, 9.17) is 15.2 Å². The minimum atomic E-state index is -1.39. The molecule has 4 atom stereocenters. The van der Waals surface area contributed by atoms with Gasteiger partial charge < -0.3 is 30.5 Å². The van der Waals surface area contributed by atoms with Gasteiger partial charge in [0.1, 0.15) is 37.0 Å². The van der Waals surface area contributed by atoms with Crippen molar-refractivity contribution >= 4 is 34.3 Å². The molecular weight excluding hydrogens is 452 g/mol. The van der Waals surface area contributed by atoms with Crippen LogP contribution >= 0.6 is 0 Å². The first-order chi connectivity index (χ1) is 16.3. The lowest BCUT2D eigenvalue weighted by Crippen LogP contribution is -2.33. The van der Waals surface area contributed by atoms with Crippen LogP contribution in [0.5, 0.6) is 5.75 Å². The number of nitrogens with zero attached hydrogens (tertiary/aromatic N) is 6. The van der Waals surface area contributed by atoms with Gasteiger partial charge in [0, 0.05) is 6.07 Å². The van der Waals surface area contributed by atoms with Gasteiger partial charge in [0.2, 0.25) is 5.95 Å². The summed E-state index contributed by atoms with van der Waals surface area (Å²) in [5, 5.41) is 45.2. The van der Waals surface area contributed by atoms with Crippen LogP contribution in [0.1, 0.15) is 13.2 Å². The van der Waals surface area contributed by atoms with E-state index in [9.17, 15) is 25.4 Å². The fourth-order valence-corrected chi connectivity index (χ4v) is 3.39. The number of nitrogens with two attached hydrogens (primary N) is 1. The number of rotatable bonds is 8. The summed E-state index contributed by atoms with van der Waals surface area (Å²) < 4.78 is 12.5. The third-order valence-electron chi connectivity index (χ3n) is 5.10. The second-order valence-corrected chi connectivity index (χ2v) is 7.47. The van der Waals surface area contributed by atoms with Crippen LogP contribution in [0.2, 0.25) is 0 Å². The topological polar surface area (TPSA) is 216 Å². The summed E-state index contributed by atoms with van der Waals surface area (Å²) >= 11 is 0. The number of benzene rings is 1. The molecule has 6 N–H and O–H groups in total. The van der Waals surface area contributed by atoms with Crippen molar-refractivity contribution in [1.82, 2.24) is 19.5 Å². The molecule has 0 amide bonds. The molecule has 0 radical (unpaired) electrons. The largest absolute Gasteiger partial charge is 0.487 e. The van der Waals surface area contributed by atoms with Gasteiger partial charge in [-0.05, 0) is 13.0 Å². The van der Waals surface area contributed by atoms with Crippen LogP contribution in [0.25, 0.3) is 11.2 Å². The number of hydrogen-bond acceptors (Lipinski definition) is 13. The Hall–Kier alpha value is -3.92. The van der Waals surface area contributed by atoms with Crippen LogP contribution in [-0.2, 0) is 4.74 Å². The number of nitrogen functional groups attached to an aromatic ring is 1. The number of nitrogens with one attached hydrogen (secondary N) is 1. The summed E-state index contributed by atoms with van der Waals surface area (Å²) in [6, 6.07) is 5.73. The van der Waals surface area contributed by atoms with Crippen LogP contribution in [0.4, 0.5) is 17.5 Å². The van der Waals surface area contributed by atoms with E-state index in [1.54, 1.807) is 13.0 Å². The monoisotopic (exact) mass is 474 g/mol. The zero-order valence-corrected chi connectivity index (χ0v) is 17.8. The highest BCUT2D eigenvalue weighted by molar-refractivity contribution is 5.86. The molecule has 2 aromatic heterocycles. The highest BCUT2D eigenvalue weighted by atomic mass is 16.6. The molecule has 0 aliphatic carbocycles. The number of anilines is 2. The van der Waals surface area contributed by atoms with Gasteiger partial charge in [-0.25, -0.2) is 20.4 Å². The Morgan fingerprint density at radius 3 is 2.88 bits per heavy atom. The molecule has 0 saturated carbocycles. The van der Waals surface area contributed by atoms with Crippen molar-refractivity contribution in [2.75, 3.05) is 24.4 Å². The summed E-state index contributed by atoms with van der Waals surface area (Å²) in [6.45, 7) is 1.15. The molecule has 1 aliphatic rings. The summed E-state index contributed by atoms with van der Waals surface area (Å²) in [6.07, 6.45) is -3.69. The summed E-state index contributed by atoms with van der Waals surface area (Å²) in [5.74, 6) is 0.450. The third-order valence-corrected chi connectivity index (χ3v) is 5.10. The summed E-state index contributed by atoms with van der Waals surface area (Å²) in [5.41, 5.74) is 9.41. The first kappa shape index (κ1) is 23.2. The first-order valence-electron chi connectivity index (χ1n) is 10.1. The van der Waals surface area contributed by atoms with E-state index in [2.05, 4.69) is 25.5 Å². The van der Waals surface area contributed by atoms with Crippen LogP contribution < -0.4 is 15.9 Å². The molecule has 15 heteroatoms. The number of imidazole rings is 1. The molecule has 4 rings (SSSR count). The van der Waals surface area contributed by atoms with Crippen molar-refractivity contribution in [1.29, 1.82) is 0 Å². The average Bonchev–Trinajstić information content (AvgIpc) is 3.34. The lowest BCUT2D eigenvalue weighted by molar-refractivity contribution is -0.384. The van der Waals surface area contributed by atoms with Gasteiger partial charge in [0.15, 0.2) is 23.2 Å². The second kappa shape index (κ2) is 9.52. The highest BCUT2D eigenvalue weighted by Crippen LogP contribution is 2.35. The Morgan fingerprint density at radius 2 is 2.18 bits per heavy atom. The SMILES string of the molecule is C/C(COc1cccc([N+](=O)[O-])c1)=N/Nc1nc2c(N)ncnc2n1C1OC(CO)C(O)C1O. The lowest BCUT2D eigenvalue weighted by Gasteiger charge is -2.19. The van der Waals surface area contributed by atoms with E-state index in [1.807, 2.05) is 0 Å². The number of non-ortho nitro benzene ring substituents is 1. The molecule has 1 fully saturated rings. The third kappa shape index (κ3) is 4.44. The van der Waals surface area contributed by atoms with Gasteiger partial charge in [-0.3, -0.25) is 14.7 Å². The van der Waals surface area contributed by atoms with Crippen molar-refractivity contribution in [3.05, 3.63) is 40.7 Å². The Bertz CT molecular complexity index is 1230. The highest BCUT2D eigenvalue weighted by Gasteiger charge is 2.45. The number of nitro groups is 1. The number of fused-ring (bicyclic) bond motifs is 1. The van der Waals surface area contributed by atoms with Gasteiger partial charge in [-0.15, -0.1) is 0 Å². The number of aromatic nitrogens is 4. The maximum atomic E-state index is 10.9. The summed E-state index contributed by atoms with van der Waals surface area (Å²) in [4.78, 5) is 22.8. The number of ether oxygens (including phenoxy) is 2. The molecular formula is C19H22N8O7.